The molecular weight excluding hydrogens is 555 g/mol. The number of furan rings is 1. The van der Waals surface area contributed by atoms with Crippen molar-refractivity contribution in [1.29, 1.82) is 0 Å². The Morgan fingerprint density at radius 3 is 2.67 bits per heavy atom. The summed E-state index contributed by atoms with van der Waals surface area (Å²) in [6, 6.07) is 20.7. The van der Waals surface area contributed by atoms with Crippen molar-refractivity contribution >= 4 is 43.8 Å². The molecule has 0 aliphatic carbocycles. The lowest BCUT2D eigenvalue weighted by Crippen LogP contribution is -2.28. The van der Waals surface area contributed by atoms with Gasteiger partial charge in [0.05, 0.1) is 22.8 Å². The SMILES string of the molecule is CS(=O)(=O)CCN(Cc1ccc(-c2ccc3ncnc(N)c3c2)o1)c1ccc(OCc2cccc(F)c2)c(Cl)c1. The molecule has 11 heteroatoms. The lowest BCUT2D eigenvalue weighted by atomic mass is 10.1. The van der Waals surface area contributed by atoms with E-state index in [1.165, 1.54) is 24.7 Å². The van der Waals surface area contributed by atoms with Crippen molar-refractivity contribution in [2.75, 3.05) is 29.2 Å². The number of halogens is 2. The van der Waals surface area contributed by atoms with Gasteiger partial charge in [-0.15, -0.1) is 0 Å². The van der Waals surface area contributed by atoms with Crippen molar-refractivity contribution < 1.29 is 22.0 Å². The van der Waals surface area contributed by atoms with Crippen molar-refractivity contribution in [3.05, 3.63) is 101 Å². The van der Waals surface area contributed by atoms with Crippen molar-refractivity contribution in [3.63, 3.8) is 0 Å². The molecule has 0 fully saturated rings. The van der Waals surface area contributed by atoms with Gasteiger partial charge in [-0.25, -0.2) is 22.8 Å². The molecule has 2 N–H and O–H groups in total. The van der Waals surface area contributed by atoms with Gasteiger partial charge in [-0.3, -0.25) is 0 Å². The van der Waals surface area contributed by atoms with Gasteiger partial charge in [-0.1, -0.05) is 23.7 Å². The zero-order chi connectivity index (χ0) is 28.3. The number of sulfone groups is 1. The van der Waals surface area contributed by atoms with Crippen LogP contribution in [0.1, 0.15) is 11.3 Å². The van der Waals surface area contributed by atoms with Crippen LogP contribution in [0.15, 0.2) is 83.5 Å². The number of nitrogens with two attached hydrogens (primary N) is 1. The molecule has 0 unspecified atom stereocenters. The lowest BCUT2D eigenvalue weighted by Gasteiger charge is -2.24. The van der Waals surface area contributed by atoms with E-state index >= 15 is 0 Å². The van der Waals surface area contributed by atoms with Gasteiger partial charge in [-0.2, -0.15) is 0 Å². The van der Waals surface area contributed by atoms with Crippen molar-refractivity contribution in [3.8, 4) is 17.1 Å². The molecule has 5 rings (SSSR count). The third kappa shape index (κ3) is 6.70. The van der Waals surface area contributed by atoms with Gasteiger partial charge in [0.2, 0.25) is 0 Å². The molecule has 8 nitrogen and oxygen atoms in total. The van der Waals surface area contributed by atoms with Crippen LogP contribution in [-0.2, 0) is 23.0 Å². The molecule has 0 saturated heterocycles. The van der Waals surface area contributed by atoms with Gasteiger partial charge < -0.3 is 19.8 Å². The summed E-state index contributed by atoms with van der Waals surface area (Å²) >= 11 is 6.52. The molecule has 0 spiro atoms. The highest BCUT2D eigenvalue weighted by molar-refractivity contribution is 7.90. The summed E-state index contributed by atoms with van der Waals surface area (Å²) in [5, 5.41) is 1.07. The summed E-state index contributed by atoms with van der Waals surface area (Å²) in [4.78, 5) is 10.1. The molecule has 206 valence electrons. The smallest absolute Gasteiger partial charge is 0.149 e. The number of ether oxygens (including phenoxy) is 1. The van der Waals surface area contributed by atoms with Gasteiger partial charge in [0.15, 0.2) is 0 Å². The Bertz CT molecular complexity index is 1780. The summed E-state index contributed by atoms with van der Waals surface area (Å²) in [5.74, 6) is 1.66. The van der Waals surface area contributed by atoms with Gasteiger partial charge in [0.25, 0.3) is 0 Å². The Morgan fingerprint density at radius 2 is 1.90 bits per heavy atom. The van der Waals surface area contributed by atoms with Crippen LogP contribution in [0, 0.1) is 5.82 Å². The van der Waals surface area contributed by atoms with E-state index < -0.39 is 9.84 Å². The molecule has 0 aliphatic heterocycles. The molecule has 0 atom stereocenters. The zero-order valence-electron chi connectivity index (χ0n) is 21.6. The van der Waals surface area contributed by atoms with Crippen LogP contribution >= 0.6 is 11.6 Å². The second-order valence-corrected chi connectivity index (χ2v) is 12.0. The Balaban J connectivity index is 1.36. The van der Waals surface area contributed by atoms with Crippen LogP contribution in [0.25, 0.3) is 22.2 Å². The molecule has 40 heavy (non-hydrogen) atoms. The fourth-order valence-electron chi connectivity index (χ4n) is 4.20. The number of nitrogens with zero attached hydrogens (tertiary/aromatic N) is 3. The summed E-state index contributed by atoms with van der Waals surface area (Å²) in [6.07, 6.45) is 2.62. The Hall–Kier alpha value is -4.15. The monoisotopic (exact) mass is 580 g/mol. The maximum absolute atomic E-state index is 13.5. The number of rotatable bonds is 10. The molecule has 0 aliphatic rings. The maximum Gasteiger partial charge on any atom is 0.149 e. The first-order chi connectivity index (χ1) is 19.1. The molecule has 5 aromatic rings. The van der Waals surface area contributed by atoms with E-state index in [9.17, 15) is 12.8 Å². The minimum atomic E-state index is -3.23. The molecule has 0 radical (unpaired) electrons. The van der Waals surface area contributed by atoms with E-state index in [-0.39, 0.29) is 24.7 Å². The highest BCUT2D eigenvalue weighted by Crippen LogP contribution is 2.32. The fourth-order valence-corrected chi connectivity index (χ4v) is 4.98. The molecule has 2 aromatic heterocycles. The van der Waals surface area contributed by atoms with E-state index in [4.69, 9.17) is 26.5 Å². The number of aromatic nitrogens is 2. The first kappa shape index (κ1) is 27.4. The summed E-state index contributed by atoms with van der Waals surface area (Å²) < 4.78 is 49.3. The highest BCUT2D eigenvalue weighted by atomic mass is 35.5. The van der Waals surface area contributed by atoms with Crippen LogP contribution in [0.2, 0.25) is 5.02 Å². The van der Waals surface area contributed by atoms with Crippen molar-refractivity contribution in [2.24, 2.45) is 0 Å². The van der Waals surface area contributed by atoms with Crippen molar-refractivity contribution in [1.82, 2.24) is 9.97 Å². The number of hydrogen-bond acceptors (Lipinski definition) is 8. The molecular formula is C29H26ClFN4O4S. The first-order valence-electron chi connectivity index (χ1n) is 12.3. The molecule has 0 amide bonds. The van der Waals surface area contributed by atoms with Crippen LogP contribution in [0.4, 0.5) is 15.9 Å². The predicted octanol–water partition coefficient (Wildman–Crippen LogP) is 5.89. The standard InChI is InChI=1S/C29H26ClFN4O4S/c1-40(36,37)12-11-35(22-6-9-28(25(30)15-22)38-17-19-3-2-4-21(31)13-19)16-23-7-10-27(39-23)20-5-8-26-24(14-20)29(32)34-18-33-26/h2-10,13-15,18H,11-12,16-17H2,1H3,(H2,32,33,34). The van der Waals surface area contributed by atoms with E-state index in [1.807, 2.05) is 35.2 Å². The number of nitrogen functional groups attached to an aromatic ring is 1. The third-order valence-corrected chi connectivity index (χ3v) is 7.47. The molecule has 3 aromatic carbocycles. The summed E-state index contributed by atoms with van der Waals surface area (Å²) in [6.45, 7) is 0.670. The van der Waals surface area contributed by atoms with Crippen LogP contribution in [0.3, 0.4) is 0 Å². The first-order valence-corrected chi connectivity index (χ1v) is 14.8. The predicted molar refractivity (Wildman–Crippen MR) is 155 cm³/mol. The average molecular weight is 581 g/mol. The second kappa shape index (κ2) is 11.5. The Labute approximate surface area is 236 Å². The topological polar surface area (TPSA) is 112 Å². The normalized spacial score (nSPS) is 11.6. The van der Waals surface area contributed by atoms with Gasteiger partial charge in [0, 0.05) is 29.4 Å². The zero-order valence-corrected chi connectivity index (χ0v) is 23.1. The van der Waals surface area contributed by atoms with Gasteiger partial charge in [0.1, 0.15) is 51.7 Å². The molecule has 0 saturated carbocycles. The van der Waals surface area contributed by atoms with E-state index in [0.29, 0.717) is 45.9 Å². The third-order valence-electron chi connectivity index (χ3n) is 6.25. The number of hydrogen-bond donors (Lipinski definition) is 1. The maximum atomic E-state index is 13.5. The Morgan fingerprint density at radius 1 is 1.05 bits per heavy atom. The van der Waals surface area contributed by atoms with Gasteiger partial charge >= 0.3 is 0 Å². The van der Waals surface area contributed by atoms with Gasteiger partial charge in [-0.05, 0) is 66.2 Å². The fraction of sp³-hybridized carbons (Fsp3) is 0.172. The summed E-state index contributed by atoms with van der Waals surface area (Å²) in [7, 11) is -3.23. The lowest BCUT2D eigenvalue weighted by molar-refractivity contribution is 0.306. The van der Waals surface area contributed by atoms with E-state index in [0.717, 1.165) is 16.5 Å². The summed E-state index contributed by atoms with van der Waals surface area (Å²) in [5.41, 5.74) is 8.92. The van der Waals surface area contributed by atoms with Crippen LogP contribution in [-0.4, -0.2) is 36.9 Å². The largest absolute Gasteiger partial charge is 0.487 e. The van der Waals surface area contributed by atoms with Crippen LogP contribution < -0.4 is 15.4 Å². The van der Waals surface area contributed by atoms with Crippen LogP contribution in [0.5, 0.6) is 5.75 Å². The number of fused-ring (bicyclic) bond motifs is 1. The van der Waals surface area contributed by atoms with Crippen molar-refractivity contribution in [2.45, 2.75) is 13.2 Å². The number of benzene rings is 3. The van der Waals surface area contributed by atoms with E-state index in [2.05, 4.69) is 9.97 Å². The minimum Gasteiger partial charge on any atom is -0.487 e. The molecule has 0 bridgehead atoms. The van der Waals surface area contributed by atoms with E-state index in [1.54, 1.807) is 30.3 Å². The average Bonchev–Trinajstić information content (AvgIpc) is 3.39. The Kier molecular flexibility index (Phi) is 7.90. The quantitative estimate of drug-likeness (QED) is 0.217. The highest BCUT2D eigenvalue weighted by Gasteiger charge is 2.16. The number of anilines is 2. The minimum absolute atomic E-state index is 0.0556. The second-order valence-electron chi connectivity index (χ2n) is 9.34. The molecule has 2 heterocycles.